The molecular weight excluding hydrogens is 430 g/mol. The van der Waals surface area contributed by atoms with Crippen LogP contribution in [0.4, 0.5) is 16.5 Å². The fourth-order valence-electron chi connectivity index (χ4n) is 3.34. The second-order valence-electron chi connectivity index (χ2n) is 6.93. The van der Waals surface area contributed by atoms with E-state index in [9.17, 15) is 14.4 Å². The van der Waals surface area contributed by atoms with Gasteiger partial charge >= 0.3 is 5.97 Å². The highest BCUT2D eigenvalue weighted by Crippen LogP contribution is 2.35. The van der Waals surface area contributed by atoms with Crippen molar-refractivity contribution in [1.29, 1.82) is 0 Å². The van der Waals surface area contributed by atoms with E-state index in [4.69, 9.17) is 9.47 Å². The molecule has 1 aliphatic rings. The van der Waals surface area contributed by atoms with Gasteiger partial charge in [-0.05, 0) is 38.1 Å². The molecule has 1 aromatic heterocycles. The number of fused-ring (bicyclic) bond motifs is 1. The summed E-state index contributed by atoms with van der Waals surface area (Å²) in [7, 11) is 0. The highest BCUT2D eigenvalue weighted by Gasteiger charge is 2.31. The smallest absolute Gasteiger partial charge is 0.350 e. The Kier molecular flexibility index (Phi) is 6.18. The van der Waals surface area contributed by atoms with Gasteiger partial charge in [0.05, 0.1) is 23.7 Å². The van der Waals surface area contributed by atoms with Crippen LogP contribution in [0.25, 0.3) is 0 Å². The number of anilines is 3. The van der Waals surface area contributed by atoms with Crippen molar-refractivity contribution >= 4 is 45.6 Å². The number of benzene rings is 2. The molecule has 2 aromatic carbocycles. The predicted molar refractivity (Wildman–Crippen MR) is 121 cm³/mol. The number of rotatable bonds is 6. The SMILES string of the molecule is CCOC(=O)c1sc(N(C(=O)CN2C(=O)COc3ccccc32)c2ccccc2)nc1C. The van der Waals surface area contributed by atoms with E-state index in [1.54, 1.807) is 62.4 Å². The number of carbonyl (C=O) groups excluding carboxylic acids is 3. The fourth-order valence-corrected chi connectivity index (χ4v) is 4.33. The Bertz CT molecular complexity index is 1160. The number of carbonyl (C=O) groups is 3. The molecule has 1 aliphatic heterocycles. The van der Waals surface area contributed by atoms with E-state index in [0.29, 0.717) is 32.8 Å². The molecule has 2 heterocycles. The third-order valence-electron chi connectivity index (χ3n) is 4.80. The monoisotopic (exact) mass is 451 g/mol. The molecule has 32 heavy (non-hydrogen) atoms. The van der Waals surface area contributed by atoms with Crippen molar-refractivity contribution in [1.82, 2.24) is 4.98 Å². The number of ether oxygens (including phenoxy) is 2. The summed E-state index contributed by atoms with van der Waals surface area (Å²) in [5.74, 6) is -0.620. The largest absolute Gasteiger partial charge is 0.482 e. The zero-order valence-corrected chi connectivity index (χ0v) is 18.4. The Morgan fingerprint density at radius 3 is 2.62 bits per heavy atom. The van der Waals surface area contributed by atoms with E-state index < -0.39 is 5.97 Å². The van der Waals surface area contributed by atoms with Crippen LogP contribution in [0.5, 0.6) is 5.75 Å². The van der Waals surface area contributed by atoms with Gasteiger partial charge in [-0.15, -0.1) is 0 Å². The molecule has 0 spiro atoms. The van der Waals surface area contributed by atoms with Crippen LogP contribution < -0.4 is 14.5 Å². The molecule has 0 radical (unpaired) electrons. The maximum Gasteiger partial charge on any atom is 0.350 e. The van der Waals surface area contributed by atoms with Gasteiger partial charge in [-0.1, -0.05) is 41.7 Å². The lowest BCUT2D eigenvalue weighted by atomic mass is 10.2. The Morgan fingerprint density at radius 1 is 1.16 bits per heavy atom. The molecule has 2 amide bonds. The van der Waals surface area contributed by atoms with E-state index in [2.05, 4.69) is 4.98 Å². The normalized spacial score (nSPS) is 12.7. The number of thiazole rings is 1. The lowest BCUT2D eigenvalue weighted by molar-refractivity contribution is -0.124. The fraction of sp³-hybridized carbons (Fsp3) is 0.217. The molecule has 0 saturated carbocycles. The van der Waals surface area contributed by atoms with Crippen LogP contribution in [0.2, 0.25) is 0 Å². The molecule has 0 saturated heterocycles. The Hall–Kier alpha value is -3.72. The summed E-state index contributed by atoms with van der Waals surface area (Å²) in [5, 5.41) is 0.329. The van der Waals surface area contributed by atoms with Crippen molar-refractivity contribution in [3.8, 4) is 5.75 Å². The number of aromatic nitrogens is 1. The lowest BCUT2D eigenvalue weighted by Crippen LogP contribution is -2.45. The van der Waals surface area contributed by atoms with Gasteiger partial charge in [0.2, 0.25) is 0 Å². The van der Waals surface area contributed by atoms with Gasteiger partial charge in [-0.2, -0.15) is 0 Å². The second-order valence-corrected chi connectivity index (χ2v) is 7.91. The third-order valence-corrected chi connectivity index (χ3v) is 5.93. The summed E-state index contributed by atoms with van der Waals surface area (Å²) in [6, 6.07) is 16.1. The molecule has 9 heteroatoms. The van der Waals surface area contributed by atoms with Crippen molar-refractivity contribution < 1.29 is 23.9 Å². The Morgan fingerprint density at radius 2 is 1.88 bits per heavy atom. The number of hydrogen-bond acceptors (Lipinski definition) is 7. The Balaban J connectivity index is 1.70. The number of para-hydroxylation sites is 3. The molecule has 8 nitrogen and oxygen atoms in total. The first-order chi connectivity index (χ1) is 15.5. The van der Waals surface area contributed by atoms with Crippen LogP contribution >= 0.6 is 11.3 Å². The van der Waals surface area contributed by atoms with E-state index in [1.165, 1.54) is 9.80 Å². The van der Waals surface area contributed by atoms with Gasteiger partial charge in [-0.3, -0.25) is 19.4 Å². The summed E-state index contributed by atoms with van der Waals surface area (Å²) in [6.07, 6.45) is 0. The van der Waals surface area contributed by atoms with Crippen LogP contribution in [0, 0.1) is 6.92 Å². The zero-order chi connectivity index (χ0) is 22.7. The van der Waals surface area contributed by atoms with Gasteiger partial charge in [-0.25, -0.2) is 9.78 Å². The maximum absolute atomic E-state index is 13.5. The van der Waals surface area contributed by atoms with E-state index in [0.717, 1.165) is 11.3 Å². The number of hydrogen-bond donors (Lipinski definition) is 0. The van der Waals surface area contributed by atoms with Crippen molar-refractivity contribution in [2.75, 3.05) is 29.6 Å². The minimum absolute atomic E-state index is 0.140. The first kappa shape index (κ1) is 21.5. The Labute approximate surface area is 189 Å². The molecule has 0 atom stereocenters. The van der Waals surface area contributed by atoms with Crippen LogP contribution in [0.15, 0.2) is 54.6 Å². The first-order valence-corrected chi connectivity index (χ1v) is 10.9. The van der Waals surface area contributed by atoms with Crippen molar-refractivity contribution in [2.24, 2.45) is 0 Å². The van der Waals surface area contributed by atoms with Gasteiger partial charge in [0.25, 0.3) is 11.8 Å². The molecule has 164 valence electrons. The van der Waals surface area contributed by atoms with Crippen LogP contribution in [-0.4, -0.2) is 42.5 Å². The van der Waals surface area contributed by atoms with Gasteiger partial charge in [0.15, 0.2) is 11.7 Å². The number of nitrogens with zero attached hydrogens (tertiary/aromatic N) is 3. The number of esters is 1. The van der Waals surface area contributed by atoms with Crippen LogP contribution in [-0.2, 0) is 14.3 Å². The van der Waals surface area contributed by atoms with E-state index >= 15 is 0 Å². The first-order valence-electron chi connectivity index (χ1n) is 10.0. The van der Waals surface area contributed by atoms with E-state index in [1.807, 2.05) is 6.07 Å². The molecule has 0 bridgehead atoms. The highest BCUT2D eigenvalue weighted by atomic mass is 32.1. The molecule has 0 fully saturated rings. The van der Waals surface area contributed by atoms with Crippen molar-refractivity contribution in [3.05, 3.63) is 65.2 Å². The van der Waals surface area contributed by atoms with Gasteiger partial charge in [0, 0.05) is 0 Å². The molecule has 0 N–H and O–H groups in total. The molecule has 0 unspecified atom stereocenters. The average Bonchev–Trinajstić information content (AvgIpc) is 3.18. The summed E-state index contributed by atoms with van der Waals surface area (Å²) in [5.41, 5.74) is 1.59. The van der Waals surface area contributed by atoms with Crippen LogP contribution in [0.1, 0.15) is 22.3 Å². The molecule has 3 aromatic rings. The standard InChI is InChI=1S/C23H21N3O5S/c1-3-30-22(29)21-15(2)24-23(32-21)26(16-9-5-4-6-10-16)19(27)13-25-17-11-7-8-12-18(17)31-14-20(25)28/h4-12H,3,13-14H2,1-2H3. The quantitative estimate of drug-likeness (QED) is 0.531. The molecule has 0 aliphatic carbocycles. The topological polar surface area (TPSA) is 89.0 Å². The van der Waals surface area contributed by atoms with Crippen molar-refractivity contribution in [2.45, 2.75) is 13.8 Å². The lowest BCUT2D eigenvalue weighted by Gasteiger charge is -2.30. The summed E-state index contributed by atoms with van der Waals surface area (Å²) >= 11 is 1.08. The number of aryl methyl sites for hydroxylation is 1. The van der Waals surface area contributed by atoms with Gasteiger partial charge < -0.3 is 9.47 Å². The predicted octanol–water partition coefficient (Wildman–Crippen LogP) is 3.72. The summed E-state index contributed by atoms with van der Waals surface area (Å²) < 4.78 is 10.6. The van der Waals surface area contributed by atoms with Crippen LogP contribution in [0.3, 0.4) is 0 Å². The maximum atomic E-state index is 13.5. The highest BCUT2D eigenvalue weighted by molar-refractivity contribution is 7.17. The third kappa shape index (κ3) is 4.19. The molecule has 4 rings (SSSR count). The number of amides is 2. The van der Waals surface area contributed by atoms with Gasteiger partial charge in [0.1, 0.15) is 17.2 Å². The summed E-state index contributed by atoms with van der Waals surface area (Å²) in [4.78, 5) is 46.0. The van der Waals surface area contributed by atoms with Crippen molar-refractivity contribution in [3.63, 3.8) is 0 Å². The zero-order valence-electron chi connectivity index (χ0n) is 17.6. The molecular formula is C23H21N3O5S. The second kappa shape index (κ2) is 9.19. The minimum atomic E-state index is -0.480. The minimum Gasteiger partial charge on any atom is -0.482 e. The summed E-state index contributed by atoms with van der Waals surface area (Å²) in [6.45, 7) is 3.32. The van der Waals surface area contributed by atoms with E-state index in [-0.39, 0.29) is 31.6 Å². The average molecular weight is 452 g/mol.